The lowest BCUT2D eigenvalue weighted by molar-refractivity contribution is 0.0943. The Bertz CT molecular complexity index is 1390. The second kappa shape index (κ2) is 9.45. The van der Waals surface area contributed by atoms with E-state index in [-0.39, 0.29) is 17.5 Å². The number of carbonyl (C=O) groups excluding carboxylic acids is 1. The number of fused-ring (bicyclic) bond motifs is 2. The minimum atomic E-state index is -0.755. The van der Waals surface area contributed by atoms with Crippen LogP contribution in [0.5, 0.6) is 0 Å². The van der Waals surface area contributed by atoms with Gasteiger partial charge in [0.2, 0.25) is 5.95 Å². The zero-order chi connectivity index (χ0) is 26.2. The largest absolute Gasteiger partial charge is 0.350 e. The molecule has 1 fully saturated rings. The van der Waals surface area contributed by atoms with Crippen molar-refractivity contribution in [2.24, 2.45) is 0 Å². The maximum absolute atomic E-state index is 12.9. The highest BCUT2D eigenvalue weighted by Crippen LogP contribution is 2.48. The first-order valence-corrected chi connectivity index (χ1v) is 12.7. The number of carbonyl (C=O) groups is 1. The van der Waals surface area contributed by atoms with E-state index in [9.17, 15) is 10.1 Å². The van der Waals surface area contributed by atoms with Gasteiger partial charge in [-0.1, -0.05) is 12.1 Å². The molecule has 1 aliphatic carbocycles. The normalized spacial score (nSPS) is 15.6. The van der Waals surface area contributed by atoms with E-state index in [0.29, 0.717) is 28.8 Å². The van der Waals surface area contributed by atoms with Gasteiger partial charge < -0.3 is 21.3 Å². The first-order chi connectivity index (χ1) is 17.7. The number of pyridine rings is 1. The fourth-order valence-electron chi connectivity index (χ4n) is 4.65. The summed E-state index contributed by atoms with van der Waals surface area (Å²) in [5.74, 6) is 0.898. The van der Waals surface area contributed by atoms with Gasteiger partial charge >= 0.3 is 0 Å². The van der Waals surface area contributed by atoms with Crippen LogP contribution in [0.25, 0.3) is 0 Å². The molecule has 1 aromatic carbocycles. The highest BCUT2D eigenvalue weighted by molar-refractivity contribution is 5.99. The Morgan fingerprint density at radius 1 is 1.16 bits per heavy atom. The highest BCUT2D eigenvalue weighted by atomic mass is 16.1. The van der Waals surface area contributed by atoms with Gasteiger partial charge in [-0.3, -0.25) is 4.79 Å². The zero-order valence-corrected chi connectivity index (χ0v) is 21.6. The zero-order valence-electron chi connectivity index (χ0n) is 21.6. The third-order valence-electron chi connectivity index (χ3n) is 6.85. The lowest BCUT2D eigenvalue weighted by atomic mass is 9.91. The number of anilines is 4. The molecule has 0 saturated heterocycles. The van der Waals surface area contributed by atoms with Crippen molar-refractivity contribution >= 4 is 29.2 Å². The van der Waals surface area contributed by atoms with E-state index in [1.54, 1.807) is 6.07 Å². The van der Waals surface area contributed by atoms with Crippen LogP contribution in [0.3, 0.4) is 0 Å². The average Bonchev–Trinajstić information content (AvgIpc) is 3.63. The van der Waals surface area contributed by atoms with E-state index in [1.165, 1.54) is 30.2 Å². The second-order valence-corrected chi connectivity index (χ2v) is 10.6. The maximum atomic E-state index is 12.9. The monoisotopic (exact) mass is 496 g/mol. The van der Waals surface area contributed by atoms with Crippen LogP contribution in [0.4, 0.5) is 23.3 Å². The molecule has 3 heterocycles. The van der Waals surface area contributed by atoms with Gasteiger partial charge in [-0.2, -0.15) is 10.2 Å². The molecular weight excluding hydrogens is 464 g/mol. The molecule has 2 aromatic heterocycles. The first kappa shape index (κ1) is 24.7. The number of hydrogen-bond donors (Lipinski definition) is 4. The van der Waals surface area contributed by atoms with Gasteiger partial charge in [0.1, 0.15) is 17.2 Å². The summed E-state index contributed by atoms with van der Waals surface area (Å²) in [7, 11) is 0. The second-order valence-electron chi connectivity index (χ2n) is 10.6. The number of amides is 1. The molecule has 0 atom stereocenters. The van der Waals surface area contributed by atoms with Crippen LogP contribution >= 0.6 is 0 Å². The standard InChI is InChI=1S/C28H32N8O/c1-17(2)32-25(37)20-15-30-26(33-19-8-9-21-18(14-19)10-13-31-28(21)11-12-28)36-24(20)35-23-7-5-6-22(34-23)27(3,4)16-29/h5-9,14-15,17,31H,10-13H2,1-4H3,(H,32,37)(H2,30,33,34,35,36). The molecule has 4 N–H and O–H groups in total. The molecule has 0 unspecified atom stereocenters. The highest BCUT2D eigenvalue weighted by Gasteiger charge is 2.46. The molecule has 1 amide bonds. The predicted octanol–water partition coefficient (Wildman–Crippen LogP) is 4.43. The molecule has 37 heavy (non-hydrogen) atoms. The van der Waals surface area contributed by atoms with Crippen molar-refractivity contribution in [1.82, 2.24) is 25.6 Å². The van der Waals surface area contributed by atoms with Gasteiger partial charge in [0.15, 0.2) is 0 Å². The Labute approximate surface area is 217 Å². The molecule has 9 nitrogen and oxygen atoms in total. The number of hydrogen-bond acceptors (Lipinski definition) is 8. The Morgan fingerprint density at radius 2 is 1.97 bits per heavy atom. The van der Waals surface area contributed by atoms with Crippen molar-refractivity contribution in [2.45, 2.75) is 64.0 Å². The molecule has 190 valence electrons. The first-order valence-electron chi connectivity index (χ1n) is 12.7. The lowest BCUT2D eigenvalue weighted by Crippen LogP contribution is -2.36. The van der Waals surface area contributed by atoms with Crippen molar-refractivity contribution < 1.29 is 4.79 Å². The topological polar surface area (TPSA) is 128 Å². The fraction of sp³-hybridized carbons (Fsp3) is 0.393. The number of nitrogens with one attached hydrogen (secondary N) is 4. The van der Waals surface area contributed by atoms with Gasteiger partial charge in [0, 0.05) is 30.0 Å². The van der Waals surface area contributed by atoms with Crippen LogP contribution in [0.15, 0.2) is 42.6 Å². The molecule has 2 aliphatic rings. The summed E-state index contributed by atoms with van der Waals surface area (Å²) in [5.41, 5.74) is 3.98. The van der Waals surface area contributed by atoms with Gasteiger partial charge in [-0.05, 0) is 82.3 Å². The van der Waals surface area contributed by atoms with Gasteiger partial charge in [-0.25, -0.2) is 9.97 Å². The van der Waals surface area contributed by atoms with Crippen molar-refractivity contribution in [3.8, 4) is 6.07 Å². The predicted molar refractivity (Wildman–Crippen MR) is 143 cm³/mol. The molecule has 1 aliphatic heterocycles. The summed E-state index contributed by atoms with van der Waals surface area (Å²) in [6, 6.07) is 14.1. The third kappa shape index (κ3) is 5.11. The molecule has 9 heteroatoms. The van der Waals surface area contributed by atoms with E-state index in [0.717, 1.165) is 18.7 Å². The molecule has 1 spiro atoms. The number of nitriles is 1. The van der Waals surface area contributed by atoms with Crippen LogP contribution in [0.1, 0.15) is 67.7 Å². The summed E-state index contributed by atoms with van der Waals surface area (Å²) in [6.07, 6.45) is 4.87. The third-order valence-corrected chi connectivity index (χ3v) is 6.85. The Morgan fingerprint density at radius 3 is 2.70 bits per heavy atom. The summed E-state index contributed by atoms with van der Waals surface area (Å²) in [5, 5.41) is 22.6. The van der Waals surface area contributed by atoms with E-state index >= 15 is 0 Å². The van der Waals surface area contributed by atoms with Crippen molar-refractivity contribution in [2.75, 3.05) is 17.2 Å². The van der Waals surface area contributed by atoms with Crippen LogP contribution in [0, 0.1) is 11.3 Å². The maximum Gasteiger partial charge on any atom is 0.256 e. The summed E-state index contributed by atoms with van der Waals surface area (Å²) < 4.78 is 0. The van der Waals surface area contributed by atoms with Gasteiger partial charge in [-0.15, -0.1) is 0 Å². The van der Waals surface area contributed by atoms with Crippen molar-refractivity contribution in [3.05, 3.63) is 65.0 Å². The molecular formula is C28H32N8O. The smallest absolute Gasteiger partial charge is 0.256 e. The van der Waals surface area contributed by atoms with Gasteiger partial charge in [0.25, 0.3) is 5.91 Å². The number of benzene rings is 1. The number of rotatable bonds is 7. The SMILES string of the molecule is CC(C)NC(=O)c1cnc(Nc2ccc3c(c2)CCNC32CC2)nc1Nc1cccc(C(C)(C)C#N)n1. The Kier molecular flexibility index (Phi) is 6.30. The summed E-state index contributed by atoms with van der Waals surface area (Å²) in [4.78, 5) is 26.6. The number of aromatic nitrogens is 3. The molecule has 5 rings (SSSR count). The minimum Gasteiger partial charge on any atom is -0.350 e. The molecule has 3 aromatic rings. The van der Waals surface area contributed by atoms with Crippen LogP contribution < -0.4 is 21.3 Å². The van der Waals surface area contributed by atoms with Crippen molar-refractivity contribution in [3.63, 3.8) is 0 Å². The summed E-state index contributed by atoms with van der Waals surface area (Å²) >= 11 is 0. The average molecular weight is 497 g/mol. The van der Waals surface area contributed by atoms with Gasteiger partial charge in [0.05, 0.1) is 17.2 Å². The van der Waals surface area contributed by atoms with Crippen LogP contribution in [-0.2, 0) is 17.4 Å². The Balaban J connectivity index is 1.45. The van der Waals surface area contributed by atoms with Crippen LogP contribution in [0.2, 0.25) is 0 Å². The molecule has 1 saturated carbocycles. The lowest BCUT2D eigenvalue weighted by Gasteiger charge is -2.27. The number of nitrogens with zero attached hydrogens (tertiary/aromatic N) is 4. The van der Waals surface area contributed by atoms with E-state index in [4.69, 9.17) is 0 Å². The van der Waals surface area contributed by atoms with Crippen LogP contribution in [-0.4, -0.2) is 33.4 Å². The van der Waals surface area contributed by atoms with Crippen molar-refractivity contribution in [1.29, 1.82) is 5.26 Å². The van der Waals surface area contributed by atoms with E-state index < -0.39 is 5.41 Å². The van der Waals surface area contributed by atoms with E-state index in [2.05, 4.69) is 60.5 Å². The summed E-state index contributed by atoms with van der Waals surface area (Å²) in [6.45, 7) is 8.40. The van der Waals surface area contributed by atoms with E-state index in [1.807, 2.05) is 39.8 Å². The fourth-order valence-corrected chi connectivity index (χ4v) is 4.65. The Hall–Kier alpha value is -4.03. The minimum absolute atomic E-state index is 0.0456. The molecule has 0 bridgehead atoms. The molecule has 0 radical (unpaired) electrons. The quantitative estimate of drug-likeness (QED) is 0.378.